The third kappa shape index (κ3) is 5.70. The Hall–Kier alpha value is -3.12. The highest BCUT2D eigenvalue weighted by molar-refractivity contribution is 8.00. The van der Waals surface area contributed by atoms with Gasteiger partial charge < -0.3 is 10.6 Å². The fourth-order valence-corrected chi connectivity index (χ4v) is 3.65. The molecule has 0 heterocycles. The minimum atomic E-state index is -0.386. The first-order valence-corrected chi connectivity index (χ1v) is 10.4. The molecule has 4 nitrogen and oxygen atoms in total. The summed E-state index contributed by atoms with van der Waals surface area (Å²) in [4.78, 5) is 25.7. The van der Waals surface area contributed by atoms with Crippen molar-refractivity contribution in [2.75, 3.05) is 10.6 Å². The number of halogens is 1. The van der Waals surface area contributed by atoms with Crippen molar-refractivity contribution < 1.29 is 14.0 Å². The van der Waals surface area contributed by atoms with E-state index >= 15 is 0 Å². The molecule has 2 amide bonds. The quantitative estimate of drug-likeness (QED) is 0.493. The van der Waals surface area contributed by atoms with Gasteiger partial charge in [0.2, 0.25) is 5.91 Å². The fraction of sp³-hybridized carbons (Fsp3) is 0.167. The van der Waals surface area contributed by atoms with Gasteiger partial charge in [0, 0.05) is 21.8 Å². The molecule has 0 saturated heterocycles. The second-order valence-electron chi connectivity index (χ2n) is 7.05. The summed E-state index contributed by atoms with van der Waals surface area (Å²) in [6, 6.07) is 18.6. The largest absolute Gasteiger partial charge is 0.325 e. The van der Waals surface area contributed by atoms with Gasteiger partial charge >= 0.3 is 0 Å². The van der Waals surface area contributed by atoms with Crippen LogP contribution in [0.1, 0.15) is 28.4 Å². The van der Waals surface area contributed by atoms with Gasteiger partial charge in [0.25, 0.3) is 5.91 Å². The lowest BCUT2D eigenvalue weighted by atomic mass is 10.1. The Morgan fingerprint density at radius 3 is 2.23 bits per heavy atom. The molecule has 154 valence electrons. The molecule has 0 radical (unpaired) electrons. The molecule has 0 aliphatic rings. The Balaban J connectivity index is 1.58. The number of benzene rings is 3. The number of aryl methyl sites for hydroxylation is 2. The van der Waals surface area contributed by atoms with Crippen LogP contribution in [0.3, 0.4) is 0 Å². The molecule has 0 bridgehead atoms. The van der Waals surface area contributed by atoms with Gasteiger partial charge in [-0.05, 0) is 86.5 Å². The fourth-order valence-electron chi connectivity index (χ4n) is 2.78. The molecule has 6 heteroatoms. The number of carbonyl (C=O) groups is 2. The van der Waals surface area contributed by atoms with Crippen LogP contribution in [0.25, 0.3) is 0 Å². The Labute approximate surface area is 179 Å². The average molecular weight is 423 g/mol. The minimum Gasteiger partial charge on any atom is -0.325 e. The van der Waals surface area contributed by atoms with Crippen LogP contribution in [0.4, 0.5) is 15.8 Å². The van der Waals surface area contributed by atoms with E-state index in [0.29, 0.717) is 11.3 Å². The van der Waals surface area contributed by atoms with Gasteiger partial charge in [-0.15, -0.1) is 11.8 Å². The maximum Gasteiger partial charge on any atom is 0.255 e. The first-order chi connectivity index (χ1) is 14.3. The van der Waals surface area contributed by atoms with Crippen molar-refractivity contribution >= 4 is 35.0 Å². The van der Waals surface area contributed by atoms with Crippen LogP contribution in [0.15, 0.2) is 71.6 Å². The molecule has 0 aliphatic carbocycles. The van der Waals surface area contributed by atoms with Crippen molar-refractivity contribution in [3.05, 3.63) is 89.2 Å². The number of rotatable bonds is 6. The first-order valence-electron chi connectivity index (χ1n) is 9.53. The third-order valence-electron chi connectivity index (χ3n) is 4.55. The normalized spacial score (nSPS) is 11.6. The molecular weight excluding hydrogens is 399 g/mol. The number of thioether (sulfide) groups is 1. The van der Waals surface area contributed by atoms with Crippen molar-refractivity contribution in [2.24, 2.45) is 0 Å². The summed E-state index contributed by atoms with van der Waals surface area (Å²) < 4.78 is 13.0. The molecule has 3 aromatic rings. The summed E-state index contributed by atoms with van der Waals surface area (Å²) >= 11 is 1.44. The number of amides is 2. The highest BCUT2D eigenvalue weighted by atomic mass is 32.2. The monoisotopic (exact) mass is 422 g/mol. The molecule has 2 N–H and O–H groups in total. The molecule has 0 aliphatic heterocycles. The van der Waals surface area contributed by atoms with E-state index in [4.69, 9.17) is 0 Å². The highest BCUT2D eigenvalue weighted by Crippen LogP contribution is 2.26. The van der Waals surface area contributed by atoms with E-state index in [2.05, 4.69) is 10.6 Å². The van der Waals surface area contributed by atoms with Crippen molar-refractivity contribution in [1.82, 2.24) is 0 Å². The molecule has 0 saturated carbocycles. The van der Waals surface area contributed by atoms with Crippen molar-refractivity contribution in [2.45, 2.75) is 30.9 Å². The molecule has 0 spiro atoms. The zero-order valence-electron chi connectivity index (χ0n) is 17.0. The van der Waals surface area contributed by atoms with Gasteiger partial charge in [-0.1, -0.05) is 12.1 Å². The zero-order chi connectivity index (χ0) is 21.7. The lowest BCUT2D eigenvalue weighted by Crippen LogP contribution is -2.22. The van der Waals surface area contributed by atoms with Crippen LogP contribution in [0, 0.1) is 19.7 Å². The summed E-state index contributed by atoms with van der Waals surface area (Å²) in [5.74, 6) is -0.761. The van der Waals surface area contributed by atoms with E-state index in [-0.39, 0.29) is 22.9 Å². The molecule has 0 aromatic heterocycles. The van der Waals surface area contributed by atoms with Crippen LogP contribution < -0.4 is 10.6 Å². The van der Waals surface area contributed by atoms with E-state index in [1.165, 1.54) is 36.0 Å². The SMILES string of the molecule is Cc1ccc(C)c(NC(=O)C(C)Sc2ccc(NC(=O)c3ccc(F)cc3)cc2)c1. The Kier molecular flexibility index (Phi) is 6.90. The van der Waals surface area contributed by atoms with E-state index in [1.807, 2.05) is 51.1 Å². The van der Waals surface area contributed by atoms with Gasteiger partial charge in [0.15, 0.2) is 0 Å². The zero-order valence-corrected chi connectivity index (χ0v) is 17.8. The van der Waals surface area contributed by atoms with Gasteiger partial charge in [-0.3, -0.25) is 9.59 Å². The molecule has 3 aromatic carbocycles. The molecule has 1 atom stereocenters. The topological polar surface area (TPSA) is 58.2 Å². The predicted molar refractivity (Wildman–Crippen MR) is 121 cm³/mol. The van der Waals surface area contributed by atoms with Crippen LogP contribution in [-0.2, 0) is 4.79 Å². The summed E-state index contributed by atoms with van der Waals surface area (Å²) in [6.45, 7) is 5.81. The van der Waals surface area contributed by atoms with Crippen LogP contribution >= 0.6 is 11.8 Å². The first kappa shape index (κ1) is 21.6. The Morgan fingerprint density at radius 2 is 1.57 bits per heavy atom. The standard InChI is InChI=1S/C24H23FN2O2S/c1-15-4-5-16(2)22(14-15)27-23(28)17(3)30-21-12-10-20(11-13-21)26-24(29)18-6-8-19(25)9-7-18/h4-14,17H,1-3H3,(H,26,29)(H,27,28). The Bertz CT molecular complexity index is 1050. The van der Waals surface area contributed by atoms with E-state index in [1.54, 1.807) is 12.1 Å². The summed E-state index contributed by atoms with van der Waals surface area (Å²) in [5, 5.41) is 5.47. The van der Waals surface area contributed by atoms with Crippen LogP contribution in [0.5, 0.6) is 0 Å². The molecule has 30 heavy (non-hydrogen) atoms. The van der Waals surface area contributed by atoms with Gasteiger partial charge in [0.1, 0.15) is 5.82 Å². The third-order valence-corrected chi connectivity index (χ3v) is 5.66. The van der Waals surface area contributed by atoms with E-state index in [9.17, 15) is 14.0 Å². The van der Waals surface area contributed by atoms with E-state index in [0.717, 1.165) is 21.7 Å². The average Bonchev–Trinajstić information content (AvgIpc) is 2.72. The minimum absolute atomic E-state index is 0.0672. The molecule has 1 unspecified atom stereocenters. The molecular formula is C24H23FN2O2S. The van der Waals surface area contributed by atoms with Crippen LogP contribution in [-0.4, -0.2) is 17.1 Å². The number of anilines is 2. The van der Waals surface area contributed by atoms with Gasteiger partial charge in [-0.2, -0.15) is 0 Å². The van der Waals surface area contributed by atoms with Crippen LogP contribution in [0.2, 0.25) is 0 Å². The summed E-state index contributed by atoms with van der Waals surface area (Å²) in [6.07, 6.45) is 0. The predicted octanol–water partition coefficient (Wildman–Crippen LogP) is 5.81. The lowest BCUT2D eigenvalue weighted by molar-refractivity contribution is -0.115. The number of carbonyl (C=O) groups excluding carboxylic acids is 2. The maximum atomic E-state index is 13.0. The highest BCUT2D eigenvalue weighted by Gasteiger charge is 2.16. The van der Waals surface area contributed by atoms with E-state index < -0.39 is 0 Å². The van der Waals surface area contributed by atoms with Crippen molar-refractivity contribution in [3.8, 4) is 0 Å². The van der Waals surface area contributed by atoms with Crippen molar-refractivity contribution in [3.63, 3.8) is 0 Å². The van der Waals surface area contributed by atoms with Crippen molar-refractivity contribution in [1.29, 1.82) is 0 Å². The molecule has 3 rings (SSSR count). The lowest BCUT2D eigenvalue weighted by Gasteiger charge is -2.14. The second-order valence-corrected chi connectivity index (χ2v) is 8.47. The van der Waals surface area contributed by atoms with Gasteiger partial charge in [0.05, 0.1) is 5.25 Å². The summed E-state index contributed by atoms with van der Waals surface area (Å²) in [5.41, 5.74) is 3.95. The smallest absolute Gasteiger partial charge is 0.255 e. The number of nitrogens with one attached hydrogen (secondary N) is 2. The Morgan fingerprint density at radius 1 is 0.900 bits per heavy atom. The maximum absolute atomic E-state index is 13.0. The molecule has 0 fully saturated rings. The van der Waals surface area contributed by atoms with Gasteiger partial charge in [-0.25, -0.2) is 4.39 Å². The summed E-state index contributed by atoms with van der Waals surface area (Å²) in [7, 11) is 0. The number of hydrogen-bond donors (Lipinski definition) is 2. The second kappa shape index (κ2) is 9.59. The number of hydrogen-bond acceptors (Lipinski definition) is 3.